The molecule has 0 radical (unpaired) electrons. The molecule has 0 aromatic heterocycles. The third kappa shape index (κ3) is 2.83. The van der Waals surface area contributed by atoms with Gasteiger partial charge in [0.25, 0.3) is 0 Å². The maximum atomic E-state index is 3.50. The first kappa shape index (κ1) is 18.6. The monoisotopic (exact) mass is 375 g/mol. The second-order valence-electron chi connectivity index (χ2n) is 9.72. The van der Waals surface area contributed by atoms with Crippen molar-refractivity contribution in [3.8, 4) is 11.8 Å². The van der Waals surface area contributed by atoms with Crippen LogP contribution in [0.3, 0.4) is 0 Å². The number of benzene rings is 1. The van der Waals surface area contributed by atoms with E-state index in [4.69, 9.17) is 0 Å². The summed E-state index contributed by atoms with van der Waals surface area (Å²) in [6.45, 7) is 14.5. The molecular weight excluding hydrogens is 342 g/mol. The van der Waals surface area contributed by atoms with Crippen molar-refractivity contribution in [2.24, 2.45) is 5.92 Å². The Morgan fingerprint density at radius 3 is 2.44 bits per heavy atom. The van der Waals surface area contributed by atoms with E-state index >= 15 is 0 Å². The first-order chi connectivity index (χ1) is 12.8. The summed E-state index contributed by atoms with van der Waals surface area (Å²) in [5.41, 5.74) is 4.50. The zero-order valence-corrected chi connectivity index (χ0v) is 18.8. The van der Waals surface area contributed by atoms with Crippen molar-refractivity contribution >= 4 is 8.07 Å². The second kappa shape index (κ2) is 6.42. The quantitative estimate of drug-likeness (QED) is 0.436. The molecule has 0 amide bonds. The van der Waals surface area contributed by atoms with E-state index in [2.05, 4.69) is 93.7 Å². The molecule has 0 N–H and O–H groups in total. The molecule has 0 spiro atoms. The number of allylic oxidation sites excluding steroid dienone is 2. The number of hydrogen-bond acceptors (Lipinski definition) is 1. The molecule has 3 atom stereocenters. The summed E-state index contributed by atoms with van der Waals surface area (Å²) in [7, 11) is -1.43. The van der Waals surface area contributed by atoms with E-state index in [0.717, 1.165) is 5.92 Å². The van der Waals surface area contributed by atoms with Crippen LogP contribution in [-0.4, -0.2) is 19.0 Å². The van der Waals surface area contributed by atoms with Gasteiger partial charge in [-0.2, -0.15) is 0 Å². The Morgan fingerprint density at radius 1 is 1.15 bits per heavy atom. The fourth-order valence-corrected chi connectivity index (χ4v) is 6.76. The number of rotatable bonds is 5. The van der Waals surface area contributed by atoms with E-state index in [-0.39, 0.29) is 5.41 Å². The van der Waals surface area contributed by atoms with Crippen LogP contribution in [0.1, 0.15) is 57.2 Å². The lowest BCUT2D eigenvalue weighted by molar-refractivity contribution is 0.186. The largest absolute Gasteiger partial charge is 0.352 e. The molecule has 0 fully saturated rings. The van der Waals surface area contributed by atoms with E-state index in [9.17, 15) is 0 Å². The van der Waals surface area contributed by atoms with Gasteiger partial charge in [0.2, 0.25) is 0 Å². The lowest BCUT2D eigenvalue weighted by Crippen LogP contribution is -2.56. The van der Waals surface area contributed by atoms with Crippen molar-refractivity contribution in [2.45, 2.75) is 77.2 Å². The van der Waals surface area contributed by atoms with E-state index in [0.29, 0.717) is 12.1 Å². The molecule has 2 heteroatoms. The first-order valence-corrected chi connectivity index (χ1v) is 14.1. The Labute approximate surface area is 166 Å². The molecule has 3 aliphatic rings. The predicted molar refractivity (Wildman–Crippen MR) is 118 cm³/mol. The lowest BCUT2D eigenvalue weighted by Gasteiger charge is -2.53. The number of nitrogens with zero attached hydrogens (tertiary/aromatic N) is 1. The van der Waals surface area contributed by atoms with Crippen molar-refractivity contribution in [2.75, 3.05) is 0 Å². The Balaban J connectivity index is 1.84. The van der Waals surface area contributed by atoms with Gasteiger partial charge in [-0.05, 0) is 41.2 Å². The maximum Gasteiger partial charge on any atom is 0.111 e. The Bertz CT molecular complexity index is 872. The molecule has 2 aliphatic heterocycles. The van der Waals surface area contributed by atoms with Crippen LogP contribution in [0, 0.1) is 17.8 Å². The topological polar surface area (TPSA) is 3.24 Å². The molecule has 3 unspecified atom stereocenters. The third-order valence-corrected chi connectivity index (χ3v) is 8.99. The van der Waals surface area contributed by atoms with Gasteiger partial charge in [0.15, 0.2) is 0 Å². The van der Waals surface area contributed by atoms with Crippen LogP contribution in [0.5, 0.6) is 0 Å². The van der Waals surface area contributed by atoms with Crippen LogP contribution >= 0.6 is 0 Å². The molecule has 1 nitrogen and oxygen atoms in total. The first-order valence-electron chi connectivity index (χ1n) is 10.6. The lowest BCUT2D eigenvalue weighted by atomic mass is 9.64. The highest BCUT2D eigenvalue weighted by Crippen LogP contribution is 2.50. The van der Waals surface area contributed by atoms with Crippen LogP contribution in [-0.2, 0) is 5.41 Å². The van der Waals surface area contributed by atoms with Gasteiger partial charge in [-0.25, -0.2) is 0 Å². The van der Waals surface area contributed by atoms with Gasteiger partial charge >= 0.3 is 0 Å². The fourth-order valence-electron chi connectivity index (χ4n) is 5.07. The molecule has 1 aromatic rings. The maximum absolute atomic E-state index is 3.50. The molecular formula is C25H33NSi. The Kier molecular flexibility index (Phi) is 4.43. The van der Waals surface area contributed by atoms with Gasteiger partial charge in [-0.15, -0.1) is 0 Å². The smallest absolute Gasteiger partial charge is 0.111 e. The van der Waals surface area contributed by atoms with E-state index < -0.39 is 8.07 Å². The molecule has 0 bridgehead atoms. The van der Waals surface area contributed by atoms with Crippen molar-refractivity contribution in [1.29, 1.82) is 0 Å². The van der Waals surface area contributed by atoms with Gasteiger partial charge in [0, 0.05) is 6.20 Å². The van der Waals surface area contributed by atoms with E-state index in [1.807, 2.05) is 0 Å². The number of hydrogen-bond donors (Lipinski definition) is 0. The van der Waals surface area contributed by atoms with Gasteiger partial charge < -0.3 is 4.90 Å². The predicted octanol–water partition coefficient (Wildman–Crippen LogP) is 6.21. The molecule has 4 rings (SSSR count). The normalized spacial score (nSPS) is 28.2. The van der Waals surface area contributed by atoms with Crippen LogP contribution in [0.15, 0.2) is 47.3 Å². The van der Waals surface area contributed by atoms with Crippen LogP contribution in [0.25, 0.3) is 0 Å². The summed E-state index contributed by atoms with van der Waals surface area (Å²) in [5, 5.41) is 1.64. The summed E-state index contributed by atoms with van der Waals surface area (Å²) in [4.78, 5) is 2.59. The fraction of sp³-hybridized carbons (Fsp3) is 0.520. The molecule has 142 valence electrons. The standard InChI is InChI=1S/C25H33NSi/c1-7-18(8-2)15-19-16-22-20-11-9-10-12-21(20)25(3)14-13-24(25)26(22)17-23(19)27(4,5)6/h9-12,16-18,22,24H,7-8,15H2,1-6H3. The van der Waals surface area contributed by atoms with Crippen LogP contribution in [0.2, 0.25) is 19.6 Å². The molecule has 1 aliphatic carbocycles. The Morgan fingerprint density at radius 2 is 1.85 bits per heavy atom. The van der Waals surface area contributed by atoms with Gasteiger partial charge in [0.05, 0.1) is 19.5 Å². The average molecular weight is 376 g/mol. The van der Waals surface area contributed by atoms with Gasteiger partial charge in [0.1, 0.15) is 6.04 Å². The van der Waals surface area contributed by atoms with Gasteiger partial charge in [-0.3, -0.25) is 0 Å². The Hall–Kier alpha value is -1.72. The third-order valence-electron chi connectivity index (χ3n) is 6.93. The average Bonchev–Trinajstić information content (AvgIpc) is 2.63. The summed E-state index contributed by atoms with van der Waals surface area (Å²) >= 11 is 0. The molecule has 27 heavy (non-hydrogen) atoms. The van der Waals surface area contributed by atoms with Crippen molar-refractivity contribution in [1.82, 2.24) is 4.90 Å². The highest BCUT2D eigenvalue weighted by atomic mass is 28.3. The molecule has 1 aromatic carbocycles. The highest BCUT2D eigenvalue weighted by Gasteiger charge is 2.50. The minimum Gasteiger partial charge on any atom is -0.352 e. The number of fused-ring (bicyclic) bond motifs is 6. The summed E-state index contributed by atoms with van der Waals surface area (Å²) < 4.78 is 0. The summed E-state index contributed by atoms with van der Waals surface area (Å²) in [5.74, 6) is 7.78. The molecule has 0 saturated carbocycles. The van der Waals surface area contributed by atoms with Crippen molar-refractivity contribution in [3.63, 3.8) is 0 Å². The minimum absolute atomic E-state index is 0.0190. The van der Waals surface area contributed by atoms with E-state index in [1.165, 1.54) is 30.4 Å². The van der Waals surface area contributed by atoms with Crippen LogP contribution < -0.4 is 0 Å². The molecule has 2 heterocycles. The summed E-state index contributed by atoms with van der Waals surface area (Å²) in [6, 6.07) is 9.66. The molecule has 0 saturated heterocycles. The van der Waals surface area contributed by atoms with E-state index in [1.54, 1.807) is 10.8 Å². The summed E-state index contributed by atoms with van der Waals surface area (Å²) in [6.07, 6.45) is 8.89. The highest BCUT2D eigenvalue weighted by molar-refractivity contribution is 6.84. The van der Waals surface area contributed by atoms with Crippen LogP contribution in [0.4, 0.5) is 0 Å². The van der Waals surface area contributed by atoms with Crippen molar-refractivity contribution in [3.05, 3.63) is 58.4 Å². The minimum atomic E-state index is -1.43. The SMILES string of the molecule is CCC(CC)CC1=CC2c3ccccc3C3(C)C#CC3N2C=C1[Si](C)(C)C. The van der Waals surface area contributed by atoms with Crippen molar-refractivity contribution < 1.29 is 0 Å². The zero-order chi connectivity index (χ0) is 19.4. The zero-order valence-electron chi connectivity index (χ0n) is 17.8. The second-order valence-corrected chi connectivity index (χ2v) is 14.8. The van der Waals surface area contributed by atoms with Gasteiger partial charge in [-0.1, -0.05) is 88.5 Å².